The van der Waals surface area contributed by atoms with Gasteiger partial charge in [0.2, 0.25) is 10.0 Å². The Bertz CT molecular complexity index is 566. The fourth-order valence-corrected chi connectivity index (χ4v) is 4.66. The zero-order valence-electron chi connectivity index (χ0n) is 12.2. The number of anilines is 1. The molecule has 1 heterocycles. The van der Waals surface area contributed by atoms with Crippen LogP contribution >= 0.6 is 0 Å². The van der Waals surface area contributed by atoms with Gasteiger partial charge in [-0.25, -0.2) is 8.42 Å². The molecule has 1 aromatic carbocycles. The van der Waals surface area contributed by atoms with Gasteiger partial charge in [0.1, 0.15) is 4.90 Å². The van der Waals surface area contributed by atoms with E-state index in [9.17, 15) is 8.42 Å². The normalized spacial score (nSPS) is 24.8. The molecule has 0 saturated carbocycles. The maximum absolute atomic E-state index is 12.9. The SMILES string of the molecule is CCC1COC(C)CN1S(=O)(=O)c1c(C)cccc1N. The van der Waals surface area contributed by atoms with E-state index in [4.69, 9.17) is 10.5 Å². The standard InChI is InChI=1S/C14H22N2O3S/c1-4-12-9-19-11(3)8-16(12)20(17,18)14-10(2)6-5-7-13(14)15/h5-7,11-12H,4,8-9,15H2,1-3H3. The Morgan fingerprint density at radius 2 is 2.15 bits per heavy atom. The van der Waals surface area contributed by atoms with Gasteiger partial charge in [-0.1, -0.05) is 19.1 Å². The molecule has 1 aliphatic rings. The fraction of sp³-hybridized carbons (Fsp3) is 0.571. The summed E-state index contributed by atoms with van der Waals surface area (Å²) in [7, 11) is -3.59. The van der Waals surface area contributed by atoms with Crippen molar-refractivity contribution in [1.82, 2.24) is 4.31 Å². The molecule has 0 aliphatic carbocycles. The second-order valence-corrected chi connectivity index (χ2v) is 7.10. The number of nitrogens with zero attached hydrogens (tertiary/aromatic N) is 1. The lowest BCUT2D eigenvalue weighted by atomic mass is 10.2. The molecule has 6 heteroatoms. The summed E-state index contributed by atoms with van der Waals surface area (Å²) in [4.78, 5) is 0.229. The molecule has 0 aromatic heterocycles. The number of nitrogen functional groups attached to an aromatic ring is 1. The first-order chi connectivity index (χ1) is 9.37. The summed E-state index contributed by atoms with van der Waals surface area (Å²) in [5, 5.41) is 0. The van der Waals surface area contributed by atoms with E-state index >= 15 is 0 Å². The summed E-state index contributed by atoms with van der Waals surface area (Å²) in [6.07, 6.45) is 0.621. The number of nitrogens with two attached hydrogens (primary N) is 1. The molecule has 0 amide bonds. The number of benzene rings is 1. The van der Waals surface area contributed by atoms with Crippen LogP contribution in [0.2, 0.25) is 0 Å². The van der Waals surface area contributed by atoms with Crippen molar-refractivity contribution in [2.24, 2.45) is 0 Å². The van der Waals surface area contributed by atoms with Gasteiger partial charge in [0.05, 0.1) is 18.4 Å². The van der Waals surface area contributed by atoms with E-state index in [1.807, 2.05) is 13.8 Å². The van der Waals surface area contributed by atoms with Gasteiger partial charge in [-0.2, -0.15) is 4.31 Å². The maximum Gasteiger partial charge on any atom is 0.245 e. The molecular weight excluding hydrogens is 276 g/mol. The van der Waals surface area contributed by atoms with Crippen molar-refractivity contribution >= 4 is 15.7 Å². The average Bonchev–Trinajstić information content (AvgIpc) is 2.38. The zero-order chi connectivity index (χ0) is 14.9. The molecule has 1 aromatic rings. The molecule has 20 heavy (non-hydrogen) atoms. The third kappa shape index (κ3) is 2.68. The molecule has 112 valence electrons. The molecule has 0 radical (unpaired) electrons. The summed E-state index contributed by atoms with van der Waals surface area (Å²) in [6.45, 7) is 6.43. The first-order valence-corrected chi connectivity index (χ1v) is 8.30. The van der Waals surface area contributed by atoms with Crippen molar-refractivity contribution in [3.63, 3.8) is 0 Å². The van der Waals surface area contributed by atoms with Crippen molar-refractivity contribution in [2.45, 2.75) is 44.2 Å². The molecular formula is C14H22N2O3S. The number of hydrogen-bond donors (Lipinski definition) is 1. The molecule has 2 N–H and O–H groups in total. The van der Waals surface area contributed by atoms with Gasteiger partial charge in [0.25, 0.3) is 0 Å². The monoisotopic (exact) mass is 298 g/mol. The van der Waals surface area contributed by atoms with Crippen molar-refractivity contribution in [3.05, 3.63) is 23.8 Å². The van der Waals surface area contributed by atoms with Gasteiger partial charge in [-0.15, -0.1) is 0 Å². The molecule has 2 unspecified atom stereocenters. The van der Waals surface area contributed by atoms with Crippen LogP contribution in [0.1, 0.15) is 25.8 Å². The van der Waals surface area contributed by atoms with Crippen molar-refractivity contribution < 1.29 is 13.2 Å². The first kappa shape index (κ1) is 15.3. The molecule has 1 fully saturated rings. The van der Waals surface area contributed by atoms with Crippen molar-refractivity contribution in [3.8, 4) is 0 Å². The Balaban J connectivity index is 2.48. The van der Waals surface area contributed by atoms with E-state index in [1.165, 1.54) is 0 Å². The largest absolute Gasteiger partial charge is 0.398 e. The van der Waals surface area contributed by atoms with Gasteiger partial charge in [0.15, 0.2) is 0 Å². The van der Waals surface area contributed by atoms with Crippen LogP contribution in [-0.2, 0) is 14.8 Å². The minimum absolute atomic E-state index is 0.0992. The Morgan fingerprint density at radius 1 is 1.45 bits per heavy atom. The molecule has 5 nitrogen and oxygen atoms in total. The van der Waals surface area contributed by atoms with Crippen LogP contribution < -0.4 is 5.73 Å². The molecule has 2 atom stereocenters. The molecule has 2 rings (SSSR count). The van der Waals surface area contributed by atoms with Crippen LogP contribution in [-0.4, -0.2) is 38.0 Å². The topological polar surface area (TPSA) is 72.6 Å². The lowest BCUT2D eigenvalue weighted by molar-refractivity contribution is -0.0230. The smallest absolute Gasteiger partial charge is 0.245 e. The fourth-order valence-electron chi connectivity index (χ4n) is 2.57. The summed E-state index contributed by atoms with van der Waals surface area (Å²) < 4.78 is 33.0. The third-order valence-corrected chi connectivity index (χ3v) is 5.84. The maximum atomic E-state index is 12.9. The summed E-state index contributed by atoms with van der Waals surface area (Å²) in [5.41, 5.74) is 6.88. The lowest BCUT2D eigenvalue weighted by Crippen LogP contribution is -2.51. The van der Waals surface area contributed by atoms with Gasteiger partial charge < -0.3 is 10.5 Å². The minimum Gasteiger partial charge on any atom is -0.398 e. The van der Waals surface area contributed by atoms with Crippen LogP contribution in [0.4, 0.5) is 5.69 Å². The Kier molecular flexibility index (Phi) is 4.36. The highest BCUT2D eigenvalue weighted by molar-refractivity contribution is 7.89. The van der Waals surface area contributed by atoms with Gasteiger partial charge in [-0.3, -0.25) is 0 Å². The average molecular weight is 298 g/mol. The Hall–Kier alpha value is -1.11. The summed E-state index contributed by atoms with van der Waals surface area (Å²) >= 11 is 0. The number of sulfonamides is 1. The number of hydrogen-bond acceptors (Lipinski definition) is 4. The quantitative estimate of drug-likeness (QED) is 0.863. The van der Waals surface area contributed by atoms with Crippen LogP contribution in [0.15, 0.2) is 23.1 Å². The zero-order valence-corrected chi connectivity index (χ0v) is 13.0. The third-order valence-electron chi connectivity index (χ3n) is 3.70. The number of aryl methyl sites for hydroxylation is 1. The molecule has 1 aliphatic heterocycles. The van der Waals surface area contributed by atoms with Crippen LogP contribution in [0.5, 0.6) is 0 Å². The van der Waals surface area contributed by atoms with Crippen molar-refractivity contribution in [1.29, 1.82) is 0 Å². The lowest BCUT2D eigenvalue weighted by Gasteiger charge is -2.37. The van der Waals surface area contributed by atoms with E-state index in [2.05, 4.69) is 0 Å². The van der Waals surface area contributed by atoms with Gasteiger partial charge in [0, 0.05) is 12.6 Å². The van der Waals surface area contributed by atoms with Gasteiger partial charge >= 0.3 is 0 Å². The van der Waals surface area contributed by atoms with Gasteiger partial charge in [-0.05, 0) is 31.9 Å². The number of ether oxygens (including phenoxy) is 1. The molecule has 1 saturated heterocycles. The summed E-state index contributed by atoms with van der Waals surface area (Å²) in [6, 6.07) is 5.04. The minimum atomic E-state index is -3.59. The molecule has 0 bridgehead atoms. The predicted molar refractivity (Wildman–Crippen MR) is 79.0 cm³/mol. The van der Waals surface area contributed by atoms with Crippen LogP contribution in [0, 0.1) is 6.92 Å². The van der Waals surface area contributed by atoms with E-state index in [0.717, 1.165) is 6.42 Å². The van der Waals surface area contributed by atoms with Crippen molar-refractivity contribution in [2.75, 3.05) is 18.9 Å². The number of rotatable bonds is 3. The number of morpholine rings is 1. The van der Waals surface area contributed by atoms with E-state index < -0.39 is 10.0 Å². The Labute approximate surface area is 120 Å². The second kappa shape index (κ2) is 5.71. The van der Waals surface area contributed by atoms with E-state index in [1.54, 1.807) is 29.4 Å². The summed E-state index contributed by atoms with van der Waals surface area (Å²) in [5.74, 6) is 0. The van der Waals surface area contributed by atoms with E-state index in [-0.39, 0.29) is 17.0 Å². The van der Waals surface area contributed by atoms with Crippen LogP contribution in [0.25, 0.3) is 0 Å². The predicted octanol–water partition coefficient (Wildman–Crippen LogP) is 1.77. The highest BCUT2D eigenvalue weighted by Gasteiger charge is 2.37. The molecule has 0 spiro atoms. The highest BCUT2D eigenvalue weighted by Crippen LogP contribution is 2.29. The highest BCUT2D eigenvalue weighted by atomic mass is 32.2. The second-order valence-electron chi connectivity index (χ2n) is 5.27. The van der Waals surface area contributed by atoms with E-state index in [0.29, 0.717) is 24.4 Å². The first-order valence-electron chi connectivity index (χ1n) is 6.86. The Morgan fingerprint density at radius 3 is 2.75 bits per heavy atom. The van der Waals surface area contributed by atoms with Crippen LogP contribution in [0.3, 0.4) is 0 Å².